The van der Waals surface area contributed by atoms with Crippen LogP contribution in [0.3, 0.4) is 0 Å². The van der Waals surface area contributed by atoms with Crippen molar-refractivity contribution in [2.75, 3.05) is 5.32 Å². The maximum Gasteiger partial charge on any atom is 0.303 e. The molecule has 0 atom stereocenters. The monoisotopic (exact) mass is 476 g/mol. The van der Waals surface area contributed by atoms with Crippen molar-refractivity contribution < 1.29 is 19.8 Å². The van der Waals surface area contributed by atoms with Crippen LogP contribution in [-0.4, -0.2) is 34.2 Å². The van der Waals surface area contributed by atoms with Crippen molar-refractivity contribution in [1.29, 1.82) is 0 Å². The van der Waals surface area contributed by atoms with E-state index in [1.807, 2.05) is 12.1 Å². The summed E-state index contributed by atoms with van der Waals surface area (Å²) in [6, 6.07) is 4.12. The van der Waals surface area contributed by atoms with E-state index < -0.39 is 5.97 Å². The molecule has 0 unspecified atom stereocenters. The number of nitrogens with one attached hydrogen (secondary N) is 2. The number of carboxylic acid groups (broad SMARTS) is 1. The lowest BCUT2D eigenvalue weighted by atomic mass is 9.93. The van der Waals surface area contributed by atoms with E-state index in [0.717, 1.165) is 40.2 Å². The van der Waals surface area contributed by atoms with Gasteiger partial charge >= 0.3 is 5.97 Å². The van der Waals surface area contributed by atoms with Crippen LogP contribution in [0.4, 0.5) is 5.69 Å². The summed E-state index contributed by atoms with van der Waals surface area (Å²) in [6.07, 6.45) is 3.01. The smallest absolute Gasteiger partial charge is 0.303 e. The van der Waals surface area contributed by atoms with E-state index in [4.69, 9.17) is 5.11 Å². The highest BCUT2D eigenvalue weighted by atomic mass is 79.9. The van der Waals surface area contributed by atoms with E-state index in [2.05, 4.69) is 42.5 Å². The molecule has 138 valence electrons. The summed E-state index contributed by atoms with van der Waals surface area (Å²) in [4.78, 5) is 22.6. The van der Waals surface area contributed by atoms with Crippen LogP contribution in [0.2, 0.25) is 0 Å². The van der Waals surface area contributed by atoms with Crippen LogP contribution >= 0.6 is 31.9 Å². The van der Waals surface area contributed by atoms with Crippen LogP contribution in [0.1, 0.15) is 44.1 Å². The van der Waals surface area contributed by atoms with Crippen molar-refractivity contribution in [3.05, 3.63) is 26.6 Å². The Labute approximate surface area is 163 Å². The Bertz CT molecular complexity index is 631. The van der Waals surface area contributed by atoms with Crippen LogP contribution < -0.4 is 10.6 Å². The molecule has 1 aromatic carbocycles. The van der Waals surface area contributed by atoms with Gasteiger partial charge in [-0.2, -0.15) is 0 Å². The molecule has 1 fully saturated rings. The largest absolute Gasteiger partial charge is 0.481 e. The fourth-order valence-corrected chi connectivity index (χ4v) is 4.28. The molecule has 1 aliphatic rings. The Morgan fingerprint density at radius 2 is 1.80 bits per heavy atom. The minimum absolute atomic E-state index is 0.0643. The molecule has 1 amide bonds. The fraction of sp³-hybridized carbons (Fsp3) is 0.529. The lowest BCUT2D eigenvalue weighted by Gasteiger charge is -2.27. The van der Waals surface area contributed by atoms with Crippen molar-refractivity contribution >= 4 is 49.4 Å². The minimum Gasteiger partial charge on any atom is -0.481 e. The summed E-state index contributed by atoms with van der Waals surface area (Å²) >= 11 is 6.91. The third kappa shape index (κ3) is 6.69. The number of halogens is 2. The molecule has 6 nitrogen and oxygen atoms in total. The number of carboxylic acids is 1. The second-order valence-electron chi connectivity index (χ2n) is 6.25. The Morgan fingerprint density at radius 3 is 2.44 bits per heavy atom. The Hall–Kier alpha value is -0.960. The lowest BCUT2D eigenvalue weighted by Crippen LogP contribution is -2.34. The number of aliphatic hydroxyl groups excluding tert-OH is 1. The summed E-state index contributed by atoms with van der Waals surface area (Å²) in [6.45, 7) is 0.577. The van der Waals surface area contributed by atoms with Gasteiger partial charge in [0.15, 0.2) is 0 Å². The van der Waals surface area contributed by atoms with Crippen LogP contribution in [0, 0.1) is 0 Å². The van der Waals surface area contributed by atoms with Crippen LogP contribution in [0.25, 0.3) is 0 Å². The highest BCUT2D eigenvalue weighted by Crippen LogP contribution is 2.31. The summed E-state index contributed by atoms with van der Waals surface area (Å²) < 4.78 is 1.63. The number of carbonyl (C=O) groups is 2. The predicted molar refractivity (Wildman–Crippen MR) is 102 cm³/mol. The minimum atomic E-state index is -0.994. The molecule has 8 heteroatoms. The number of aliphatic carboxylic acids is 1. The zero-order chi connectivity index (χ0) is 18.4. The van der Waals surface area contributed by atoms with Gasteiger partial charge in [-0.15, -0.1) is 0 Å². The number of anilines is 1. The fourth-order valence-electron chi connectivity index (χ4n) is 2.86. The van der Waals surface area contributed by atoms with Crippen molar-refractivity contribution in [3.8, 4) is 0 Å². The van der Waals surface area contributed by atoms with Gasteiger partial charge in [0, 0.05) is 28.0 Å². The molecule has 1 aliphatic carbocycles. The van der Waals surface area contributed by atoms with Gasteiger partial charge in [-0.3, -0.25) is 9.59 Å². The number of hydrogen-bond acceptors (Lipinski definition) is 4. The van der Waals surface area contributed by atoms with Gasteiger partial charge in [0.25, 0.3) is 0 Å². The number of carbonyl (C=O) groups excluding carboxylic acids is 1. The maximum absolute atomic E-state index is 12.0. The first kappa shape index (κ1) is 20.4. The average molecular weight is 478 g/mol. The zero-order valence-corrected chi connectivity index (χ0v) is 16.9. The quantitative estimate of drug-likeness (QED) is 0.482. The zero-order valence-electron chi connectivity index (χ0n) is 13.7. The van der Waals surface area contributed by atoms with E-state index in [1.165, 1.54) is 0 Å². The third-order valence-electron chi connectivity index (χ3n) is 4.24. The molecule has 0 radical (unpaired) electrons. The van der Waals surface area contributed by atoms with Crippen LogP contribution in [0.5, 0.6) is 0 Å². The second kappa shape index (κ2) is 9.66. The van der Waals surface area contributed by atoms with Gasteiger partial charge in [0.2, 0.25) is 5.91 Å². The molecular weight excluding hydrogens is 456 g/mol. The summed E-state index contributed by atoms with van der Waals surface area (Å²) in [5.41, 5.74) is 1.57. The normalized spacial score (nSPS) is 20.3. The number of hydrogen-bond donors (Lipinski definition) is 4. The van der Waals surface area contributed by atoms with Gasteiger partial charge in [0.1, 0.15) is 0 Å². The topological polar surface area (TPSA) is 98.7 Å². The van der Waals surface area contributed by atoms with Crippen molar-refractivity contribution in [2.24, 2.45) is 0 Å². The van der Waals surface area contributed by atoms with Gasteiger partial charge in [0.05, 0.1) is 18.2 Å². The molecule has 2 rings (SSSR count). The van der Waals surface area contributed by atoms with Crippen molar-refractivity contribution in [3.63, 3.8) is 0 Å². The Morgan fingerprint density at radius 1 is 1.12 bits per heavy atom. The molecule has 1 aromatic rings. The Balaban J connectivity index is 2.03. The van der Waals surface area contributed by atoms with Gasteiger partial charge in [-0.1, -0.05) is 15.9 Å². The number of benzene rings is 1. The molecule has 0 bridgehead atoms. The maximum atomic E-state index is 12.0. The predicted octanol–water partition coefficient (Wildman–Crippen LogP) is 3.41. The first-order chi connectivity index (χ1) is 11.8. The second-order valence-corrected chi connectivity index (χ2v) is 8.02. The molecular formula is C17H22Br2N2O4. The van der Waals surface area contributed by atoms with Crippen molar-refractivity contribution in [2.45, 2.75) is 57.2 Å². The molecule has 0 spiro atoms. The number of rotatable bonds is 7. The van der Waals surface area contributed by atoms with Gasteiger partial charge in [-0.05, 0) is 59.3 Å². The first-order valence-electron chi connectivity index (χ1n) is 8.26. The number of aliphatic hydroxyl groups is 1. The molecule has 0 aliphatic heterocycles. The summed E-state index contributed by atoms with van der Waals surface area (Å²) in [7, 11) is 0. The standard InChI is InChI=1S/C17H22Br2N2O4/c18-11-7-10(9-20-12-1-3-13(22)4-2-12)17(14(19)8-11)21-15(23)5-6-16(24)25/h7-8,12-13,20,22H,1-6,9H2,(H,21,23)(H,24,25)/t12-,13-. The summed E-state index contributed by atoms with van der Waals surface area (Å²) in [5.74, 6) is -1.32. The SMILES string of the molecule is O=C(O)CCC(=O)Nc1c(Br)cc(Br)cc1CN[C@H]1CC[C@H](O)CC1. The van der Waals surface area contributed by atoms with E-state index in [0.29, 0.717) is 18.3 Å². The Kier molecular flexibility index (Phi) is 7.86. The van der Waals surface area contributed by atoms with E-state index in [-0.39, 0.29) is 24.9 Å². The first-order valence-corrected chi connectivity index (χ1v) is 9.84. The highest BCUT2D eigenvalue weighted by molar-refractivity contribution is 9.11. The van der Waals surface area contributed by atoms with E-state index in [1.54, 1.807) is 0 Å². The van der Waals surface area contributed by atoms with Crippen LogP contribution in [-0.2, 0) is 16.1 Å². The average Bonchev–Trinajstić information content (AvgIpc) is 2.55. The molecule has 0 saturated heterocycles. The number of amides is 1. The van der Waals surface area contributed by atoms with Gasteiger partial charge < -0.3 is 20.8 Å². The molecule has 4 N–H and O–H groups in total. The van der Waals surface area contributed by atoms with E-state index in [9.17, 15) is 14.7 Å². The lowest BCUT2D eigenvalue weighted by molar-refractivity contribution is -0.138. The van der Waals surface area contributed by atoms with Crippen molar-refractivity contribution in [1.82, 2.24) is 5.32 Å². The molecule has 0 aromatic heterocycles. The van der Waals surface area contributed by atoms with Gasteiger partial charge in [-0.25, -0.2) is 0 Å². The van der Waals surface area contributed by atoms with E-state index >= 15 is 0 Å². The molecule has 0 heterocycles. The molecule has 1 saturated carbocycles. The third-order valence-corrected chi connectivity index (χ3v) is 5.33. The molecule has 25 heavy (non-hydrogen) atoms. The van der Waals surface area contributed by atoms with Crippen LogP contribution in [0.15, 0.2) is 21.1 Å². The highest BCUT2D eigenvalue weighted by Gasteiger charge is 2.20. The summed E-state index contributed by atoms with van der Waals surface area (Å²) in [5, 5.41) is 24.6.